The normalized spacial score (nSPS) is 34.8. The standard InChI is InChI=1S/C6H11NO2/c1-6(5(8)9)3-2-4-7-6/h7H,2-4H2,1H3,(H,8,9)/p-1. The lowest BCUT2D eigenvalue weighted by atomic mass is 10.0. The van der Waals surface area contributed by atoms with Gasteiger partial charge in [0.25, 0.3) is 0 Å². The van der Waals surface area contributed by atoms with Gasteiger partial charge in [0.2, 0.25) is 0 Å². The maximum absolute atomic E-state index is 10.3. The predicted molar refractivity (Wildman–Crippen MR) is 30.6 cm³/mol. The van der Waals surface area contributed by atoms with E-state index in [2.05, 4.69) is 5.32 Å². The number of nitrogens with one attached hydrogen (secondary N) is 1. The Morgan fingerprint density at radius 3 is 2.67 bits per heavy atom. The first-order valence-corrected chi connectivity index (χ1v) is 3.12. The smallest absolute Gasteiger partial charge is 0.0613 e. The monoisotopic (exact) mass is 128 g/mol. The molecule has 3 nitrogen and oxygen atoms in total. The number of hydrogen-bond acceptors (Lipinski definition) is 3. The van der Waals surface area contributed by atoms with Crippen molar-refractivity contribution in [1.29, 1.82) is 0 Å². The van der Waals surface area contributed by atoms with Crippen LogP contribution in [0.1, 0.15) is 19.8 Å². The van der Waals surface area contributed by atoms with Crippen molar-refractivity contribution in [2.45, 2.75) is 25.3 Å². The maximum Gasteiger partial charge on any atom is 0.0613 e. The van der Waals surface area contributed by atoms with E-state index >= 15 is 0 Å². The average molecular weight is 128 g/mol. The minimum atomic E-state index is -0.986. The highest BCUT2D eigenvalue weighted by Gasteiger charge is 2.28. The molecule has 1 atom stereocenters. The third-order valence-electron chi connectivity index (χ3n) is 1.82. The zero-order valence-electron chi connectivity index (χ0n) is 5.44. The zero-order chi connectivity index (χ0) is 6.91. The Bertz CT molecular complexity index is 127. The third kappa shape index (κ3) is 1.05. The van der Waals surface area contributed by atoms with Crippen molar-refractivity contribution in [3.8, 4) is 0 Å². The molecule has 0 amide bonds. The van der Waals surface area contributed by atoms with Crippen LogP contribution in [0.25, 0.3) is 0 Å². The maximum atomic E-state index is 10.3. The second-order valence-corrected chi connectivity index (χ2v) is 2.65. The van der Waals surface area contributed by atoms with E-state index in [0.717, 1.165) is 13.0 Å². The van der Waals surface area contributed by atoms with Gasteiger partial charge in [0.1, 0.15) is 0 Å². The topological polar surface area (TPSA) is 52.2 Å². The van der Waals surface area contributed by atoms with Crippen molar-refractivity contribution in [3.05, 3.63) is 0 Å². The van der Waals surface area contributed by atoms with Gasteiger partial charge in [0.05, 0.1) is 11.5 Å². The molecule has 1 heterocycles. The fourth-order valence-electron chi connectivity index (χ4n) is 1.07. The lowest BCUT2D eigenvalue weighted by Crippen LogP contribution is -2.52. The van der Waals surface area contributed by atoms with E-state index in [4.69, 9.17) is 0 Å². The molecule has 1 aliphatic rings. The van der Waals surface area contributed by atoms with Crippen LogP contribution in [0.5, 0.6) is 0 Å². The molecule has 1 aliphatic heterocycles. The van der Waals surface area contributed by atoms with Crippen LogP contribution >= 0.6 is 0 Å². The van der Waals surface area contributed by atoms with Gasteiger partial charge >= 0.3 is 0 Å². The fourth-order valence-corrected chi connectivity index (χ4v) is 1.07. The van der Waals surface area contributed by atoms with Crippen LogP contribution in [0.3, 0.4) is 0 Å². The van der Waals surface area contributed by atoms with Gasteiger partial charge in [0.15, 0.2) is 0 Å². The number of carboxylic acids is 1. The zero-order valence-corrected chi connectivity index (χ0v) is 5.44. The number of carbonyl (C=O) groups is 1. The first kappa shape index (κ1) is 6.55. The van der Waals surface area contributed by atoms with Crippen LogP contribution in [-0.2, 0) is 4.79 Å². The van der Waals surface area contributed by atoms with Crippen LogP contribution in [0.2, 0.25) is 0 Å². The Kier molecular flexibility index (Phi) is 1.45. The highest BCUT2D eigenvalue weighted by molar-refractivity contribution is 5.76. The van der Waals surface area contributed by atoms with Crippen LogP contribution in [0, 0.1) is 0 Å². The molecule has 1 N–H and O–H groups in total. The number of hydrogen-bond donors (Lipinski definition) is 1. The van der Waals surface area contributed by atoms with Gasteiger partial charge in [-0.1, -0.05) is 0 Å². The van der Waals surface area contributed by atoms with Crippen molar-refractivity contribution in [2.75, 3.05) is 6.54 Å². The van der Waals surface area contributed by atoms with Gasteiger partial charge in [-0.05, 0) is 26.3 Å². The van der Waals surface area contributed by atoms with Gasteiger partial charge in [0, 0.05) is 0 Å². The van der Waals surface area contributed by atoms with E-state index in [-0.39, 0.29) is 0 Å². The number of carbonyl (C=O) groups excluding carboxylic acids is 1. The number of carboxylic acid groups (broad SMARTS) is 1. The Morgan fingerprint density at radius 2 is 2.44 bits per heavy atom. The summed E-state index contributed by atoms with van der Waals surface area (Å²) in [6.45, 7) is 2.46. The van der Waals surface area contributed by atoms with Gasteiger partial charge < -0.3 is 15.2 Å². The highest BCUT2D eigenvalue weighted by Crippen LogP contribution is 2.16. The van der Waals surface area contributed by atoms with Crippen LogP contribution in [0.15, 0.2) is 0 Å². The van der Waals surface area contributed by atoms with E-state index < -0.39 is 11.5 Å². The molecule has 1 saturated heterocycles. The molecule has 0 spiro atoms. The van der Waals surface area contributed by atoms with Crippen LogP contribution in [0.4, 0.5) is 0 Å². The fraction of sp³-hybridized carbons (Fsp3) is 0.833. The number of aliphatic carboxylic acids is 1. The van der Waals surface area contributed by atoms with Crippen molar-refractivity contribution >= 4 is 5.97 Å². The summed E-state index contributed by atoms with van der Waals surface area (Å²) in [5.41, 5.74) is -0.750. The largest absolute Gasteiger partial charge is 0.548 e. The second-order valence-electron chi connectivity index (χ2n) is 2.65. The molecule has 0 aromatic carbocycles. The first-order valence-electron chi connectivity index (χ1n) is 3.12. The summed E-state index contributed by atoms with van der Waals surface area (Å²) in [7, 11) is 0. The SMILES string of the molecule is CC1(C(=O)[O-])CCCN1. The minimum absolute atomic E-state index is 0.690. The minimum Gasteiger partial charge on any atom is -0.548 e. The first-order chi connectivity index (χ1) is 4.15. The molecular formula is C6H10NO2-. The summed E-state index contributed by atoms with van der Waals surface area (Å²) >= 11 is 0. The molecule has 1 unspecified atom stereocenters. The van der Waals surface area contributed by atoms with Crippen molar-refractivity contribution in [1.82, 2.24) is 5.32 Å². The van der Waals surface area contributed by atoms with Crippen molar-refractivity contribution < 1.29 is 9.90 Å². The Labute approximate surface area is 54.1 Å². The van der Waals surface area contributed by atoms with E-state index in [0.29, 0.717) is 6.42 Å². The van der Waals surface area contributed by atoms with E-state index in [1.807, 2.05) is 0 Å². The molecular weight excluding hydrogens is 118 g/mol. The van der Waals surface area contributed by atoms with Gasteiger partial charge in [-0.15, -0.1) is 0 Å². The third-order valence-corrected chi connectivity index (χ3v) is 1.82. The van der Waals surface area contributed by atoms with Crippen molar-refractivity contribution in [2.24, 2.45) is 0 Å². The summed E-state index contributed by atoms with van der Waals surface area (Å²) in [6.07, 6.45) is 1.62. The van der Waals surface area contributed by atoms with Crippen molar-refractivity contribution in [3.63, 3.8) is 0 Å². The molecule has 0 radical (unpaired) electrons. The summed E-state index contributed by atoms with van der Waals surface area (Å²) in [6, 6.07) is 0. The van der Waals surface area contributed by atoms with Crippen LogP contribution in [-0.4, -0.2) is 18.1 Å². The molecule has 3 heteroatoms. The molecule has 9 heavy (non-hydrogen) atoms. The molecule has 52 valence electrons. The van der Waals surface area contributed by atoms with Gasteiger partial charge in [-0.2, -0.15) is 0 Å². The predicted octanol–water partition coefficient (Wildman–Crippen LogP) is -1.12. The number of rotatable bonds is 1. The lowest BCUT2D eigenvalue weighted by molar-refractivity contribution is -0.313. The molecule has 1 fully saturated rings. The molecule has 1 rings (SSSR count). The lowest BCUT2D eigenvalue weighted by Gasteiger charge is -2.24. The highest BCUT2D eigenvalue weighted by atomic mass is 16.4. The molecule has 0 aromatic rings. The van der Waals surface area contributed by atoms with E-state index in [1.165, 1.54) is 0 Å². The Hall–Kier alpha value is -0.570. The van der Waals surface area contributed by atoms with Gasteiger partial charge in [-0.3, -0.25) is 0 Å². The van der Waals surface area contributed by atoms with E-state index in [9.17, 15) is 9.90 Å². The average Bonchev–Trinajstić information content (AvgIpc) is 2.16. The molecule has 0 aliphatic carbocycles. The quantitative estimate of drug-likeness (QED) is 0.486. The molecule has 0 bridgehead atoms. The molecule has 0 aromatic heterocycles. The van der Waals surface area contributed by atoms with Crippen LogP contribution < -0.4 is 10.4 Å². The summed E-state index contributed by atoms with van der Waals surface area (Å²) in [5, 5.41) is 13.2. The van der Waals surface area contributed by atoms with E-state index in [1.54, 1.807) is 6.92 Å². The Balaban J connectivity index is 2.61. The molecule has 0 saturated carbocycles. The van der Waals surface area contributed by atoms with Gasteiger partial charge in [-0.25, -0.2) is 0 Å². The summed E-state index contributed by atoms with van der Waals surface area (Å²) in [4.78, 5) is 10.3. The summed E-state index contributed by atoms with van der Waals surface area (Å²) in [5.74, 6) is -0.986. The summed E-state index contributed by atoms with van der Waals surface area (Å²) < 4.78 is 0. The second kappa shape index (κ2) is 1.99. The Morgan fingerprint density at radius 1 is 1.78 bits per heavy atom.